The summed E-state index contributed by atoms with van der Waals surface area (Å²) >= 11 is 0. The van der Waals surface area contributed by atoms with E-state index in [0.717, 1.165) is 44.5 Å². The SMILES string of the molecule is CC1CCN(c2ccc([N+](=O)[O-])cc2C(=O)N2CCN(CC(=O)NC3CC3)CC2)CC1. The minimum atomic E-state index is -0.449. The first-order chi connectivity index (χ1) is 14.9. The smallest absolute Gasteiger partial charge is 0.270 e. The van der Waals surface area contributed by atoms with Crippen LogP contribution in [0.15, 0.2) is 18.2 Å². The number of anilines is 1. The Morgan fingerprint density at radius 2 is 1.74 bits per heavy atom. The van der Waals surface area contributed by atoms with E-state index < -0.39 is 4.92 Å². The Kier molecular flexibility index (Phi) is 6.41. The monoisotopic (exact) mass is 429 g/mol. The molecule has 0 aromatic heterocycles. The molecule has 9 heteroatoms. The average Bonchev–Trinajstić information content (AvgIpc) is 3.58. The molecular weight excluding hydrogens is 398 g/mol. The third-order valence-corrected chi connectivity index (χ3v) is 6.51. The second kappa shape index (κ2) is 9.21. The first-order valence-electron chi connectivity index (χ1n) is 11.2. The number of nitrogens with one attached hydrogen (secondary N) is 1. The van der Waals surface area contributed by atoms with Crippen LogP contribution in [0.25, 0.3) is 0 Å². The van der Waals surface area contributed by atoms with Crippen LogP contribution in [0.2, 0.25) is 0 Å². The molecule has 2 heterocycles. The zero-order chi connectivity index (χ0) is 22.0. The summed E-state index contributed by atoms with van der Waals surface area (Å²) in [6, 6.07) is 4.98. The lowest BCUT2D eigenvalue weighted by Gasteiger charge is -2.36. The number of rotatable bonds is 6. The van der Waals surface area contributed by atoms with Gasteiger partial charge in [0.1, 0.15) is 0 Å². The van der Waals surface area contributed by atoms with Crippen molar-refractivity contribution >= 4 is 23.2 Å². The number of piperidine rings is 1. The van der Waals surface area contributed by atoms with Crippen LogP contribution in [0.4, 0.5) is 11.4 Å². The summed E-state index contributed by atoms with van der Waals surface area (Å²) in [4.78, 5) is 42.3. The Hall–Kier alpha value is -2.68. The number of carbonyl (C=O) groups is 2. The summed E-state index contributed by atoms with van der Waals surface area (Å²) in [5.41, 5.74) is 1.13. The van der Waals surface area contributed by atoms with E-state index in [1.807, 2.05) is 0 Å². The van der Waals surface area contributed by atoms with Gasteiger partial charge >= 0.3 is 0 Å². The molecule has 4 rings (SSSR count). The van der Waals surface area contributed by atoms with Crippen molar-refractivity contribution in [1.29, 1.82) is 0 Å². The molecule has 0 radical (unpaired) electrons. The molecule has 31 heavy (non-hydrogen) atoms. The quantitative estimate of drug-likeness (QED) is 0.548. The predicted octanol–water partition coefficient (Wildman–Crippen LogP) is 1.87. The van der Waals surface area contributed by atoms with Gasteiger partial charge in [0.15, 0.2) is 0 Å². The Morgan fingerprint density at radius 3 is 2.35 bits per heavy atom. The lowest BCUT2D eigenvalue weighted by molar-refractivity contribution is -0.384. The summed E-state index contributed by atoms with van der Waals surface area (Å²) in [6.07, 6.45) is 4.23. The van der Waals surface area contributed by atoms with Crippen LogP contribution in [0, 0.1) is 16.0 Å². The standard InChI is InChI=1S/C22H31N5O4/c1-16-6-8-25(9-7-16)20-5-4-18(27(30)31)14-19(20)22(29)26-12-10-24(11-13-26)15-21(28)23-17-2-3-17/h4-5,14,16-17H,2-3,6-13,15H2,1H3,(H,23,28). The number of piperazine rings is 1. The molecule has 0 spiro atoms. The first kappa shape index (κ1) is 21.5. The van der Waals surface area contributed by atoms with E-state index in [9.17, 15) is 19.7 Å². The second-order valence-corrected chi connectivity index (χ2v) is 9.04. The summed E-state index contributed by atoms with van der Waals surface area (Å²) in [5.74, 6) is 0.528. The molecule has 1 aromatic carbocycles. The van der Waals surface area contributed by atoms with Crippen molar-refractivity contribution in [3.63, 3.8) is 0 Å². The summed E-state index contributed by atoms with van der Waals surface area (Å²) in [7, 11) is 0. The lowest BCUT2D eigenvalue weighted by Crippen LogP contribution is -2.51. The van der Waals surface area contributed by atoms with Crippen molar-refractivity contribution in [2.45, 2.75) is 38.6 Å². The maximum absolute atomic E-state index is 13.4. The van der Waals surface area contributed by atoms with Crippen LogP contribution < -0.4 is 10.2 Å². The van der Waals surface area contributed by atoms with Crippen LogP contribution in [-0.2, 0) is 4.79 Å². The topological polar surface area (TPSA) is 99.0 Å². The van der Waals surface area contributed by atoms with Crippen LogP contribution in [0.3, 0.4) is 0 Å². The minimum Gasteiger partial charge on any atom is -0.371 e. The zero-order valence-corrected chi connectivity index (χ0v) is 18.1. The molecule has 1 saturated carbocycles. The molecule has 3 fully saturated rings. The van der Waals surface area contributed by atoms with Crippen molar-refractivity contribution in [2.75, 3.05) is 50.7 Å². The third kappa shape index (κ3) is 5.33. The average molecular weight is 430 g/mol. The van der Waals surface area contributed by atoms with Gasteiger partial charge in [-0.15, -0.1) is 0 Å². The molecule has 2 amide bonds. The van der Waals surface area contributed by atoms with Crippen molar-refractivity contribution in [1.82, 2.24) is 15.1 Å². The van der Waals surface area contributed by atoms with E-state index in [1.165, 1.54) is 12.1 Å². The number of non-ortho nitro benzene ring substituents is 1. The van der Waals surface area contributed by atoms with E-state index in [-0.39, 0.29) is 17.5 Å². The van der Waals surface area contributed by atoms with Crippen LogP contribution in [0.5, 0.6) is 0 Å². The number of carbonyl (C=O) groups excluding carboxylic acids is 2. The van der Waals surface area contributed by atoms with Gasteiger partial charge in [-0.25, -0.2) is 0 Å². The number of nitro benzene ring substituents is 1. The van der Waals surface area contributed by atoms with Gasteiger partial charge in [-0.1, -0.05) is 6.92 Å². The number of hydrogen-bond donors (Lipinski definition) is 1. The minimum absolute atomic E-state index is 0.0440. The normalized spacial score (nSPS) is 20.5. The van der Waals surface area contributed by atoms with E-state index >= 15 is 0 Å². The summed E-state index contributed by atoms with van der Waals surface area (Å²) in [6.45, 7) is 6.54. The van der Waals surface area contributed by atoms with Gasteiger partial charge in [0, 0.05) is 57.4 Å². The molecule has 0 bridgehead atoms. The molecule has 1 aliphatic carbocycles. The van der Waals surface area contributed by atoms with Crippen LogP contribution >= 0.6 is 0 Å². The maximum atomic E-state index is 13.4. The number of amides is 2. The fourth-order valence-electron chi connectivity index (χ4n) is 4.32. The molecule has 3 aliphatic rings. The highest BCUT2D eigenvalue weighted by atomic mass is 16.6. The lowest BCUT2D eigenvalue weighted by atomic mass is 9.97. The Morgan fingerprint density at radius 1 is 1.06 bits per heavy atom. The van der Waals surface area contributed by atoms with Crippen molar-refractivity contribution in [3.05, 3.63) is 33.9 Å². The van der Waals surface area contributed by atoms with E-state index in [0.29, 0.717) is 50.2 Å². The van der Waals surface area contributed by atoms with Gasteiger partial charge in [-0.2, -0.15) is 0 Å². The zero-order valence-electron chi connectivity index (χ0n) is 18.1. The van der Waals surface area contributed by atoms with Gasteiger partial charge < -0.3 is 15.1 Å². The fraction of sp³-hybridized carbons (Fsp3) is 0.636. The molecule has 9 nitrogen and oxygen atoms in total. The van der Waals surface area contributed by atoms with Gasteiger partial charge in [-0.05, 0) is 37.7 Å². The van der Waals surface area contributed by atoms with Crippen LogP contribution in [-0.4, -0.2) is 78.4 Å². The molecule has 1 aromatic rings. The maximum Gasteiger partial charge on any atom is 0.270 e. The van der Waals surface area contributed by atoms with Crippen molar-refractivity contribution in [2.24, 2.45) is 5.92 Å². The van der Waals surface area contributed by atoms with Crippen molar-refractivity contribution in [3.8, 4) is 0 Å². The summed E-state index contributed by atoms with van der Waals surface area (Å²) in [5, 5.41) is 14.3. The molecule has 168 valence electrons. The molecule has 0 atom stereocenters. The Bertz CT molecular complexity index is 840. The van der Waals surface area contributed by atoms with Gasteiger partial charge in [-0.3, -0.25) is 24.6 Å². The highest BCUT2D eigenvalue weighted by Crippen LogP contribution is 2.30. The molecule has 2 aliphatic heterocycles. The highest BCUT2D eigenvalue weighted by Gasteiger charge is 2.29. The molecular formula is C22H31N5O4. The first-order valence-corrected chi connectivity index (χ1v) is 11.2. The van der Waals surface area contributed by atoms with E-state index in [4.69, 9.17) is 0 Å². The predicted molar refractivity (Wildman–Crippen MR) is 117 cm³/mol. The number of nitro groups is 1. The third-order valence-electron chi connectivity index (χ3n) is 6.51. The molecule has 1 N–H and O–H groups in total. The number of benzene rings is 1. The van der Waals surface area contributed by atoms with Gasteiger partial charge in [0.25, 0.3) is 11.6 Å². The summed E-state index contributed by atoms with van der Waals surface area (Å²) < 4.78 is 0. The van der Waals surface area contributed by atoms with Crippen molar-refractivity contribution < 1.29 is 14.5 Å². The van der Waals surface area contributed by atoms with Gasteiger partial charge in [0.05, 0.1) is 22.7 Å². The molecule has 2 saturated heterocycles. The highest BCUT2D eigenvalue weighted by molar-refractivity contribution is 6.00. The van der Waals surface area contributed by atoms with Gasteiger partial charge in [0.2, 0.25) is 5.91 Å². The van der Waals surface area contributed by atoms with Crippen LogP contribution in [0.1, 0.15) is 43.0 Å². The largest absolute Gasteiger partial charge is 0.371 e. The Balaban J connectivity index is 1.43. The van der Waals surface area contributed by atoms with E-state index in [2.05, 4.69) is 22.0 Å². The molecule has 0 unspecified atom stereocenters. The van der Waals surface area contributed by atoms with E-state index in [1.54, 1.807) is 11.0 Å². The second-order valence-electron chi connectivity index (χ2n) is 9.04. The fourth-order valence-corrected chi connectivity index (χ4v) is 4.32. The number of nitrogens with zero attached hydrogens (tertiary/aromatic N) is 4. The Labute approximate surface area is 182 Å². The number of hydrogen-bond acceptors (Lipinski definition) is 6.